The lowest BCUT2D eigenvalue weighted by atomic mass is 10.2. The Labute approximate surface area is 146 Å². The first-order valence-corrected chi connectivity index (χ1v) is 8.31. The van der Waals surface area contributed by atoms with E-state index in [4.69, 9.17) is 10.1 Å². The fraction of sp³-hybridized carbons (Fsp3) is 0.250. The third kappa shape index (κ3) is 3.67. The minimum atomic E-state index is -0.710. The number of aromatic nitrogens is 2. The predicted octanol–water partition coefficient (Wildman–Crippen LogP) is 2.86. The molecule has 0 aliphatic heterocycles. The highest BCUT2D eigenvalue weighted by Gasteiger charge is 2.13. The lowest BCUT2D eigenvalue weighted by molar-refractivity contribution is 0.0921. The van der Waals surface area contributed by atoms with Crippen LogP contribution in [0, 0.1) is 12.3 Å². The van der Waals surface area contributed by atoms with Crippen LogP contribution >= 0.6 is 0 Å². The fourth-order valence-corrected chi connectivity index (χ4v) is 2.88. The molecule has 1 aromatic heterocycles. The van der Waals surface area contributed by atoms with Crippen molar-refractivity contribution in [2.45, 2.75) is 26.1 Å². The van der Waals surface area contributed by atoms with Crippen LogP contribution in [0.25, 0.3) is 11.0 Å². The number of benzene rings is 2. The molecule has 0 saturated carbocycles. The van der Waals surface area contributed by atoms with E-state index in [1.807, 2.05) is 64.6 Å². The second-order valence-corrected chi connectivity index (χ2v) is 6.10. The SMILES string of the molecule is C=CCn1c(=N)n(C[C@H](O)COc2ccc(C)cc2)c2ccccc21. The van der Waals surface area contributed by atoms with E-state index >= 15 is 0 Å². The van der Waals surface area contributed by atoms with Gasteiger partial charge in [0, 0.05) is 6.54 Å². The van der Waals surface area contributed by atoms with E-state index in [0.29, 0.717) is 18.7 Å². The van der Waals surface area contributed by atoms with Crippen LogP contribution in [0.1, 0.15) is 5.56 Å². The molecule has 0 amide bonds. The highest BCUT2D eigenvalue weighted by molar-refractivity contribution is 5.75. The maximum absolute atomic E-state index is 10.4. The molecule has 0 saturated heterocycles. The van der Waals surface area contributed by atoms with Crippen LogP contribution < -0.4 is 10.4 Å². The second-order valence-electron chi connectivity index (χ2n) is 6.10. The van der Waals surface area contributed by atoms with Crippen molar-refractivity contribution in [2.75, 3.05) is 6.61 Å². The molecule has 0 bridgehead atoms. The Morgan fingerprint density at radius 3 is 2.40 bits per heavy atom. The van der Waals surface area contributed by atoms with Gasteiger partial charge < -0.3 is 19.0 Å². The van der Waals surface area contributed by atoms with Gasteiger partial charge in [-0.1, -0.05) is 35.9 Å². The zero-order valence-electron chi connectivity index (χ0n) is 14.4. The molecule has 3 aromatic rings. The van der Waals surface area contributed by atoms with Crippen molar-refractivity contribution in [2.24, 2.45) is 0 Å². The van der Waals surface area contributed by atoms with Crippen LogP contribution in [0.3, 0.4) is 0 Å². The summed E-state index contributed by atoms with van der Waals surface area (Å²) in [7, 11) is 0. The number of fused-ring (bicyclic) bond motifs is 1. The largest absolute Gasteiger partial charge is 0.491 e. The van der Waals surface area contributed by atoms with Crippen LogP contribution in [-0.2, 0) is 13.1 Å². The van der Waals surface area contributed by atoms with Gasteiger partial charge in [0.05, 0.1) is 17.6 Å². The molecule has 2 N–H and O–H groups in total. The summed E-state index contributed by atoms with van der Waals surface area (Å²) in [5.41, 5.74) is 3.38. The monoisotopic (exact) mass is 337 g/mol. The van der Waals surface area contributed by atoms with Crippen LogP contribution in [0.5, 0.6) is 5.75 Å². The first-order valence-electron chi connectivity index (χ1n) is 8.31. The summed E-state index contributed by atoms with van der Waals surface area (Å²) in [5.74, 6) is 0.731. The number of aliphatic hydroxyl groups excluding tert-OH is 1. The Morgan fingerprint density at radius 2 is 1.76 bits per heavy atom. The summed E-state index contributed by atoms with van der Waals surface area (Å²) < 4.78 is 9.33. The molecular formula is C20H23N3O2. The number of aliphatic hydroxyl groups is 1. The molecule has 5 heteroatoms. The smallest absolute Gasteiger partial charge is 0.203 e. The van der Waals surface area contributed by atoms with Crippen molar-refractivity contribution >= 4 is 11.0 Å². The number of nitrogens with zero attached hydrogens (tertiary/aromatic N) is 2. The summed E-state index contributed by atoms with van der Waals surface area (Å²) in [4.78, 5) is 0. The van der Waals surface area contributed by atoms with Crippen molar-refractivity contribution in [3.8, 4) is 5.75 Å². The van der Waals surface area contributed by atoms with Gasteiger partial charge in [-0.3, -0.25) is 5.41 Å². The van der Waals surface area contributed by atoms with E-state index in [9.17, 15) is 5.11 Å². The summed E-state index contributed by atoms with van der Waals surface area (Å²) in [6.45, 7) is 6.81. The summed E-state index contributed by atoms with van der Waals surface area (Å²) >= 11 is 0. The van der Waals surface area contributed by atoms with E-state index in [0.717, 1.165) is 22.3 Å². The Balaban J connectivity index is 1.78. The Hall–Kier alpha value is -2.79. The molecule has 3 rings (SSSR count). The van der Waals surface area contributed by atoms with Crippen molar-refractivity contribution in [1.82, 2.24) is 9.13 Å². The van der Waals surface area contributed by atoms with Gasteiger partial charge in [0.25, 0.3) is 0 Å². The molecule has 1 atom stereocenters. The van der Waals surface area contributed by atoms with Gasteiger partial charge in [-0.05, 0) is 31.2 Å². The Kier molecular flexibility index (Phi) is 5.05. The quantitative estimate of drug-likeness (QED) is 0.651. The molecule has 1 heterocycles. The number of aryl methyl sites for hydroxylation is 1. The number of para-hydroxylation sites is 2. The number of ether oxygens (including phenoxy) is 1. The predicted molar refractivity (Wildman–Crippen MR) is 98.7 cm³/mol. The molecule has 130 valence electrons. The zero-order valence-corrected chi connectivity index (χ0v) is 14.4. The van der Waals surface area contributed by atoms with E-state index in [1.54, 1.807) is 6.08 Å². The Morgan fingerprint density at radius 1 is 1.12 bits per heavy atom. The van der Waals surface area contributed by atoms with Crippen LogP contribution in [-0.4, -0.2) is 27.0 Å². The summed E-state index contributed by atoms with van der Waals surface area (Å²) in [5, 5.41) is 18.8. The van der Waals surface area contributed by atoms with Gasteiger partial charge in [0.15, 0.2) is 0 Å². The number of nitrogens with one attached hydrogen (secondary N) is 1. The fourth-order valence-electron chi connectivity index (χ4n) is 2.88. The second kappa shape index (κ2) is 7.40. The number of allylic oxidation sites excluding steroid dienone is 1. The van der Waals surface area contributed by atoms with Crippen LogP contribution in [0.4, 0.5) is 0 Å². The Bertz CT molecular complexity index is 922. The summed E-state index contributed by atoms with van der Waals surface area (Å²) in [6, 6.07) is 15.5. The first kappa shape index (κ1) is 17.0. The van der Waals surface area contributed by atoms with Crippen molar-refractivity contribution in [3.05, 3.63) is 72.4 Å². The number of hydrogen-bond donors (Lipinski definition) is 2. The van der Waals surface area contributed by atoms with Crippen molar-refractivity contribution in [1.29, 1.82) is 5.41 Å². The molecule has 25 heavy (non-hydrogen) atoms. The van der Waals surface area contributed by atoms with E-state index in [-0.39, 0.29) is 6.61 Å². The topological polar surface area (TPSA) is 63.2 Å². The highest BCUT2D eigenvalue weighted by Crippen LogP contribution is 2.15. The lowest BCUT2D eigenvalue weighted by Crippen LogP contribution is -2.31. The maximum atomic E-state index is 10.4. The highest BCUT2D eigenvalue weighted by atomic mass is 16.5. The van der Waals surface area contributed by atoms with Gasteiger partial charge in [0.1, 0.15) is 18.5 Å². The van der Waals surface area contributed by atoms with Gasteiger partial charge >= 0.3 is 0 Å². The molecule has 5 nitrogen and oxygen atoms in total. The summed E-state index contributed by atoms with van der Waals surface area (Å²) in [6.07, 6.45) is 1.06. The molecule has 0 fully saturated rings. The van der Waals surface area contributed by atoms with Crippen LogP contribution in [0.2, 0.25) is 0 Å². The molecular weight excluding hydrogens is 314 g/mol. The number of hydrogen-bond acceptors (Lipinski definition) is 3. The van der Waals surface area contributed by atoms with Crippen LogP contribution in [0.15, 0.2) is 61.2 Å². The van der Waals surface area contributed by atoms with Gasteiger partial charge in [-0.25, -0.2) is 0 Å². The van der Waals surface area contributed by atoms with E-state index < -0.39 is 6.10 Å². The normalized spacial score (nSPS) is 12.2. The van der Waals surface area contributed by atoms with E-state index in [1.165, 1.54) is 0 Å². The third-order valence-electron chi connectivity index (χ3n) is 4.14. The minimum Gasteiger partial charge on any atom is -0.491 e. The average Bonchev–Trinajstić information content (AvgIpc) is 2.88. The minimum absolute atomic E-state index is 0.177. The van der Waals surface area contributed by atoms with E-state index in [2.05, 4.69) is 6.58 Å². The van der Waals surface area contributed by atoms with Gasteiger partial charge in [0.2, 0.25) is 5.62 Å². The molecule has 0 aliphatic carbocycles. The molecule has 0 spiro atoms. The maximum Gasteiger partial charge on any atom is 0.203 e. The first-order chi connectivity index (χ1) is 12.1. The third-order valence-corrected chi connectivity index (χ3v) is 4.14. The lowest BCUT2D eigenvalue weighted by Gasteiger charge is -2.14. The number of imidazole rings is 1. The average molecular weight is 337 g/mol. The standard InChI is InChI=1S/C20H23N3O2/c1-3-12-22-18-6-4-5-7-19(18)23(20(22)21)13-16(24)14-25-17-10-8-15(2)9-11-17/h3-11,16,21,24H,1,12-14H2,2H3/t16-/m0/s1. The van der Waals surface area contributed by atoms with Gasteiger partial charge in [-0.15, -0.1) is 6.58 Å². The molecule has 0 radical (unpaired) electrons. The van der Waals surface area contributed by atoms with Crippen molar-refractivity contribution < 1.29 is 9.84 Å². The molecule has 2 aromatic carbocycles. The van der Waals surface area contributed by atoms with Gasteiger partial charge in [-0.2, -0.15) is 0 Å². The van der Waals surface area contributed by atoms with Crippen molar-refractivity contribution in [3.63, 3.8) is 0 Å². The number of rotatable bonds is 7. The molecule has 0 aliphatic rings. The molecule has 0 unspecified atom stereocenters. The zero-order chi connectivity index (χ0) is 17.8.